The number of hydrogen-bond acceptors (Lipinski definition) is 2. The van der Waals surface area contributed by atoms with Gasteiger partial charge in [0.2, 0.25) is 11.5 Å². The second kappa shape index (κ2) is 6.27. The van der Waals surface area contributed by atoms with Crippen molar-refractivity contribution < 1.29 is 9.30 Å². The van der Waals surface area contributed by atoms with E-state index in [2.05, 4.69) is 47.0 Å². The largest absolute Gasteiger partial charge is 0.340 e. The molecule has 2 heterocycles. The first-order valence-corrected chi connectivity index (χ1v) is 8.01. The van der Waals surface area contributed by atoms with Crippen LogP contribution < -0.4 is 14.6 Å². The molecule has 0 saturated carbocycles. The van der Waals surface area contributed by atoms with Crippen LogP contribution in [0.15, 0.2) is 30.3 Å². The molecule has 3 N–H and O–H groups in total. The number of imidazole rings is 1. The number of para-hydroxylation sites is 2. The van der Waals surface area contributed by atoms with Crippen molar-refractivity contribution >= 4 is 22.5 Å². The summed E-state index contributed by atoms with van der Waals surface area (Å²) < 4.78 is 2.11. The maximum atomic E-state index is 9.50. The highest BCUT2D eigenvalue weighted by atomic mass is 15.1. The Labute approximate surface area is 136 Å². The number of pyridine rings is 1. The smallest absolute Gasteiger partial charge is 0.250 e. The van der Waals surface area contributed by atoms with Gasteiger partial charge >= 0.3 is 0 Å². The maximum absolute atomic E-state index is 9.50. The first-order valence-electron chi connectivity index (χ1n) is 8.01. The van der Waals surface area contributed by atoms with Crippen molar-refractivity contribution in [3.63, 3.8) is 0 Å². The lowest BCUT2D eigenvalue weighted by molar-refractivity contribution is -0.858. The summed E-state index contributed by atoms with van der Waals surface area (Å²) >= 11 is 0. The minimum Gasteiger partial charge on any atom is -0.340 e. The van der Waals surface area contributed by atoms with Crippen LogP contribution >= 0.6 is 0 Å². The minimum atomic E-state index is 0.699. The number of quaternary nitrogens is 1. The van der Waals surface area contributed by atoms with E-state index in [1.807, 2.05) is 25.1 Å². The first-order chi connectivity index (χ1) is 11.1. The standard InChI is InChI=1S/C18H21N5/c1-13-11-17(20-9-6-10-22(2)3)23-16-8-5-4-7-15(16)21-18(23)14(13)12-19/h4-5,7-8,11H,6,9-10H2,1-3H3,(H,20,21)/p+2. The molecule has 0 aliphatic rings. The molecule has 0 saturated heterocycles. The average molecular weight is 309 g/mol. The molecule has 0 radical (unpaired) electrons. The third kappa shape index (κ3) is 2.86. The van der Waals surface area contributed by atoms with Crippen LogP contribution in [0, 0.1) is 18.3 Å². The van der Waals surface area contributed by atoms with Gasteiger partial charge in [-0.25, -0.2) is 0 Å². The molecular weight excluding hydrogens is 286 g/mol. The summed E-state index contributed by atoms with van der Waals surface area (Å²) in [5.41, 5.74) is 4.66. The molecule has 3 rings (SSSR count). The quantitative estimate of drug-likeness (QED) is 0.487. The van der Waals surface area contributed by atoms with Crippen LogP contribution in [0.4, 0.5) is 5.82 Å². The van der Waals surface area contributed by atoms with E-state index in [0.717, 1.165) is 47.6 Å². The predicted octanol–water partition coefficient (Wildman–Crippen LogP) is 1.03. The van der Waals surface area contributed by atoms with Crippen molar-refractivity contribution in [2.45, 2.75) is 13.3 Å². The summed E-state index contributed by atoms with van der Waals surface area (Å²) in [4.78, 5) is 4.84. The molecule has 118 valence electrons. The summed E-state index contributed by atoms with van der Waals surface area (Å²) in [5, 5.41) is 13.0. The molecule has 0 spiro atoms. The van der Waals surface area contributed by atoms with Crippen molar-refractivity contribution in [2.75, 3.05) is 32.5 Å². The molecular formula is C18H23N5+2. The highest BCUT2D eigenvalue weighted by molar-refractivity contribution is 5.77. The Morgan fingerprint density at radius 1 is 1.30 bits per heavy atom. The lowest BCUT2D eigenvalue weighted by Gasteiger charge is -2.08. The van der Waals surface area contributed by atoms with Crippen molar-refractivity contribution in [2.24, 2.45) is 0 Å². The summed E-state index contributed by atoms with van der Waals surface area (Å²) in [5.74, 6) is 1.03. The number of aromatic amines is 1. The number of benzene rings is 1. The molecule has 0 aliphatic carbocycles. The Morgan fingerprint density at radius 2 is 2.09 bits per heavy atom. The number of H-pyrrole nitrogens is 1. The lowest BCUT2D eigenvalue weighted by atomic mass is 10.1. The molecule has 0 bridgehead atoms. The average Bonchev–Trinajstić information content (AvgIpc) is 2.90. The maximum Gasteiger partial charge on any atom is 0.250 e. The number of aromatic nitrogens is 2. The van der Waals surface area contributed by atoms with Gasteiger partial charge in [0.25, 0.3) is 0 Å². The van der Waals surface area contributed by atoms with Gasteiger partial charge < -0.3 is 10.2 Å². The van der Waals surface area contributed by atoms with Crippen LogP contribution in [0.2, 0.25) is 0 Å². The number of hydrogen-bond donors (Lipinski definition) is 3. The van der Waals surface area contributed by atoms with E-state index in [1.54, 1.807) is 0 Å². The number of rotatable bonds is 5. The van der Waals surface area contributed by atoms with Gasteiger partial charge in [-0.1, -0.05) is 12.1 Å². The zero-order valence-electron chi connectivity index (χ0n) is 13.9. The monoisotopic (exact) mass is 309 g/mol. The van der Waals surface area contributed by atoms with E-state index in [4.69, 9.17) is 0 Å². The zero-order chi connectivity index (χ0) is 16.4. The molecule has 1 aromatic carbocycles. The van der Waals surface area contributed by atoms with Crippen LogP contribution in [0.3, 0.4) is 0 Å². The molecule has 5 heteroatoms. The van der Waals surface area contributed by atoms with E-state index in [9.17, 15) is 5.26 Å². The van der Waals surface area contributed by atoms with Crippen LogP contribution in [0.1, 0.15) is 17.5 Å². The summed E-state index contributed by atoms with van der Waals surface area (Å²) in [7, 11) is 4.33. The Hall–Kier alpha value is -2.58. The van der Waals surface area contributed by atoms with Crippen molar-refractivity contribution in [1.82, 2.24) is 4.98 Å². The first kappa shape index (κ1) is 15.3. The number of nitrogens with one attached hydrogen (secondary N) is 3. The number of aryl methyl sites for hydroxylation is 1. The Kier molecular flexibility index (Phi) is 4.18. The highest BCUT2D eigenvalue weighted by Gasteiger charge is 2.19. The van der Waals surface area contributed by atoms with Gasteiger partial charge in [0.1, 0.15) is 22.7 Å². The van der Waals surface area contributed by atoms with Gasteiger partial charge in [-0.3, -0.25) is 4.98 Å². The van der Waals surface area contributed by atoms with Gasteiger partial charge in [-0.05, 0) is 24.6 Å². The van der Waals surface area contributed by atoms with Gasteiger partial charge in [-0.15, -0.1) is 0 Å². The number of nitriles is 1. The summed E-state index contributed by atoms with van der Waals surface area (Å²) in [6.07, 6.45) is 1.10. The number of anilines is 1. The van der Waals surface area contributed by atoms with Gasteiger partial charge in [0.05, 0.1) is 27.2 Å². The highest BCUT2D eigenvalue weighted by Crippen LogP contribution is 2.19. The predicted molar refractivity (Wildman–Crippen MR) is 91.7 cm³/mol. The van der Waals surface area contributed by atoms with Crippen LogP contribution in [0.25, 0.3) is 16.7 Å². The van der Waals surface area contributed by atoms with Gasteiger partial charge in [0, 0.05) is 12.5 Å². The van der Waals surface area contributed by atoms with Crippen LogP contribution in [-0.2, 0) is 0 Å². The fourth-order valence-electron chi connectivity index (χ4n) is 2.96. The van der Waals surface area contributed by atoms with E-state index < -0.39 is 0 Å². The SMILES string of the molecule is Cc1cc(NCCC[NH+](C)C)[n+]2c([nH]c3ccccc32)c1C#N. The molecule has 23 heavy (non-hydrogen) atoms. The summed E-state index contributed by atoms with van der Waals surface area (Å²) in [6.45, 7) is 4.03. The zero-order valence-corrected chi connectivity index (χ0v) is 13.9. The Bertz CT molecular complexity index is 886. The third-order valence-corrected chi connectivity index (χ3v) is 4.12. The van der Waals surface area contributed by atoms with Gasteiger partial charge in [0.15, 0.2) is 0 Å². The fraction of sp³-hybridized carbons (Fsp3) is 0.333. The van der Waals surface area contributed by atoms with Crippen molar-refractivity contribution in [3.8, 4) is 6.07 Å². The Balaban J connectivity index is 2.08. The van der Waals surface area contributed by atoms with Gasteiger partial charge in [-0.2, -0.15) is 9.66 Å². The van der Waals surface area contributed by atoms with Crippen LogP contribution in [0.5, 0.6) is 0 Å². The van der Waals surface area contributed by atoms with E-state index in [-0.39, 0.29) is 0 Å². The normalized spacial score (nSPS) is 11.3. The van der Waals surface area contributed by atoms with Crippen molar-refractivity contribution in [1.29, 1.82) is 5.26 Å². The third-order valence-electron chi connectivity index (χ3n) is 4.12. The fourth-order valence-corrected chi connectivity index (χ4v) is 2.96. The molecule has 2 aromatic heterocycles. The molecule has 3 aromatic rings. The van der Waals surface area contributed by atoms with E-state index in [0.29, 0.717) is 5.56 Å². The van der Waals surface area contributed by atoms with Crippen molar-refractivity contribution in [3.05, 3.63) is 41.5 Å². The molecule has 0 unspecified atom stereocenters. The second-order valence-corrected chi connectivity index (χ2v) is 6.26. The number of fused-ring (bicyclic) bond motifs is 3. The second-order valence-electron chi connectivity index (χ2n) is 6.26. The number of nitrogens with zero attached hydrogens (tertiary/aromatic N) is 2. The Morgan fingerprint density at radius 3 is 2.83 bits per heavy atom. The lowest BCUT2D eigenvalue weighted by Crippen LogP contribution is -3.05. The minimum absolute atomic E-state index is 0.699. The topological polar surface area (TPSA) is 60.1 Å². The molecule has 0 aliphatic heterocycles. The van der Waals surface area contributed by atoms with Crippen LogP contribution in [-0.4, -0.2) is 32.2 Å². The summed E-state index contributed by atoms with van der Waals surface area (Å²) in [6, 6.07) is 12.5. The molecule has 0 fully saturated rings. The molecule has 0 amide bonds. The van der Waals surface area contributed by atoms with E-state index in [1.165, 1.54) is 4.90 Å². The molecule has 0 atom stereocenters. The van der Waals surface area contributed by atoms with E-state index >= 15 is 0 Å². The molecule has 5 nitrogen and oxygen atoms in total.